The number of urea groups is 1. The molecule has 1 aromatic carbocycles. The Bertz CT molecular complexity index is 539. The van der Waals surface area contributed by atoms with Gasteiger partial charge in [0.2, 0.25) is 0 Å². The molecule has 0 radical (unpaired) electrons. The molecule has 4 heteroatoms. The normalized spacial score (nSPS) is 24.4. The number of nitrogens with one attached hydrogen (secondary N) is 1. The van der Waals surface area contributed by atoms with Crippen molar-refractivity contribution < 1.29 is 9.53 Å². The zero-order valence-electron chi connectivity index (χ0n) is 11.6. The van der Waals surface area contributed by atoms with Gasteiger partial charge in [0.1, 0.15) is 5.75 Å². The molecule has 1 N–H and O–H groups in total. The fourth-order valence-electron chi connectivity index (χ4n) is 3.46. The van der Waals surface area contributed by atoms with Crippen LogP contribution in [-0.2, 0) is 6.42 Å². The summed E-state index contributed by atoms with van der Waals surface area (Å²) in [4.78, 5) is 14.5. The Balaban J connectivity index is 1.46. The minimum atomic E-state index is 0.0531. The molecule has 0 spiro atoms. The van der Waals surface area contributed by atoms with E-state index in [0.717, 1.165) is 43.3 Å². The maximum atomic E-state index is 12.4. The van der Waals surface area contributed by atoms with Crippen molar-refractivity contribution in [3.8, 4) is 5.75 Å². The first-order valence-corrected chi connectivity index (χ1v) is 7.64. The first-order chi connectivity index (χ1) is 9.81. The zero-order chi connectivity index (χ0) is 13.5. The van der Waals surface area contributed by atoms with Crippen molar-refractivity contribution in [1.29, 1.82) is 0 Å². The Kier molecular flexibility index (Phi) is 2.83. The summed E-state index contributed by atoms with van der Waals surface area (Å²) in [6.45, 7) is 1.65. The molecule has 2 amide bonds. The highest BCUT2D eigenvalue weighted by Crippen LogP contribution is 2.40. The van der Waals surface area contributed by atoms with Crippen LogP contribution in [0.4, 0.5) is 10.5 Å². The first kappa shape index (κ1) is 12.1. The van der Waals surface area contributed by atoms with Gasteiger partial charge in [0.25, 0.3) is 0 Å². The molecule has 106 valence electrons. The number of amides is 2. The van der Waals surface area contributed by atoms with E-state index in [2.05, 4.69) is 11.4 Å². The van der Waals surface area contributed by atoms with Gasteiger partial charge >= 0.3 is 6.03 Å². The van der Waals surface area contributed by atoms with Crippen molar-refractivity contribution in [3.63, 3.8) is 0 Å². The summed E-state index contributed by atoms with van der Waals surface area (Å²) in [5, 5.41) is 3.03. The lowest BCUT2D eigenvalue weighted by atomic mass is 10.1. The van der Waals surface area contributed by atoms with Crippen molar-refractivity contribution in [2.24, 2.45) is 5.92 Å². The third-order valence-corrected chi connectivity index (χ3v) is 4.67. The SMILES string of the molecule is O=C(Nc1ccc2c(c1)OCC2)N1CCCC1C1CC1. The van der Waals surface area contributed by atoms with Gasteiger partial charge in [-0.05, 0) is 43.2 Å². The highest BCUT2D eigenvalue weighted by atomic mass is 16.5. The average molecular weight is 272 g/mol. The molecule has 1 saturated carbocycles. The number of likely N-dealkylation sites (tertiary alicyclic amines) is 1. The van der Waals surface area contributed by atoms with E-state index >= 15 is 0 Å². The van der Waals surface area contributed by atoms with Crippen LogP contribution >= 0.6 is 0 Å². The fraction of sp³-hybridized carbons (Fsp3) is 0.562. The Labute approximate surface area is 119 Å². The molecule has 2 fully saturated rings. The molecule has 1 atom stereocenters. The van der Waals surface area contributed by atoms with Gasteiger partial charge in [-0.3, -0.25) is 0 Å². The van der Waals surface area contributed by atoms with Crippen molar-refractivity contribution >= 4 is 11.7 Å². The van der Waals surface area contributed by atoms with Crippen LogP contribution < -0.4 is 10.1 Å². The summed E-state index contributed by atoms with van der Waals surface area (Å²) in [5.41, 5.74) is 2.08. The average Bonchev–Trinajstić information content (AvgIpc) is 3.01. The lowest BCUT2D eigenvalue weighted by molar-refractivity contribution is 0.200. The minimum absolute atomic E-state index is 0.0531. The minimum Gasteiger partial charge on any atom is -0.493 e. The van der Waals surface area contributed by atoms with Gasteiger partial charge in [-0.1, -0.05) is 6.07 Å². The Morgan fingerprint density at radius 1 is 1.30 bits per heavy atom. The number of nitrogens with zero attached hydrogens (tertiary/aromatic N) is 1. The van der Waals surface area contributed by atoms with Gasteiger partial charge in [0, 0.05) is 30.8 Å². The van der Waals surface area contributed by atoms with Crippen LogP contribution in [0.25, 0.3) is 0 Å². The molecular weight excluding hydrogens is 252 g/mol. The second-order valence-electron chi connectivity index (χ2n) is 6.09. The number of rotatable bonds is 2. The van der Waals surface area contributed by atoms with E-state index < -0.39 is 0 Å². The van der Waals surface area contributed by atoms with Crippen molar-refractivity contribution in [2.75, 3.05) is 18.5 Å². The molecule has 4 rings (SSSR count). The van der Waals surface area contributed by atoms with Gasteiger partial charge in [0.15, 0.2) is 0 Å². The van der Waals surface area contributed by atoms with E-state index in [1.165, 1.54) is 24.8 Å². The number of hydrogen-bond donors (Lipinski definition) is 1. The van der Waals surface area contributed by atoms with Crippen LogP contribution in [0.15, 0.2) is 18.2 Å². The molecule has 2 aliphatic heterocycles. The number of carbonyl (C=O) groups excluding carboxylic acids is 1. The number of carbonyl (C=O) groups is 1. The molecule has 4 nitrogen and oxygen atoms in total. The van der Waals surface area contributed by atoms with Crippen molar-refractivity contribution in [3.05, 3.63) is 23.8 Å². The zero-order valence-corrected chi connectivity index (χ0v) is 11.6. The monoisotopic (exact) mass is 272 g/mol. The van der Waals surface area contributed by atoms with E-state index in [4.69, 9.17) is 4.74 Å². The Morgan fingerprint density at radius 2 is 2.20 bits per heavy atom. The van der Waals surface area contributed by atoms with Crippen molar-refractivity contribution in [2.45, 2.75) is 38.1 Å². The highest BCUT2D eigenvalue weighted by Gasteiger charge is 2.40. The third-order valence-electron chi connectivity index (χ3n) is 4.67. The third kappa shape index (κ3) is 2.13. The maximum Gasteiger partial charge on any atom is 0.322 e. The highest BCUT2D eigenvalue weighted by molar-refractivity contribution is 5.90. The maximum absolute atomic E-state index is 12.4. The summed E-state index contributed by atoms with van der Waals surface area (Å²) in [7, 11) is 0. The second kappa shape index (κ2) is 4.69. The van der Waals surface area contributed by atoms with E-state index in [9.17, 15) is 4.79 Å². The largest absolute Gasteiger partial charge is 0.493 e. The standard InChI is InChI=1S/C16H20N2O2/c19-16(18-8-1-2-14(18)11-3-4-11)17-13-6-5-12-7-9-20-15(12)10-13/h5-6,10-11,14H,1-4,7-9H2,(H,17,19). The number of benzene rings is 1. The van der Waals surface area contributed by atoms with Crippen LogP contribution in [0.5, 0.6) is 5.75 Å². The molecule has 1 unspecified atom stereocenters. The lowest BCUT2D eigenvalue weighted by Crippen LogP contribution is -2.39. The summed E-state index contributed by atoms with van der Waals surface area (Å²) in [6, 6.07) is 6.51. The van der Waals surface area contributed by atoms with Gasteiger partial charge < -0.3 is 15.0 Å². The molecule has 1 aliphatic carbocycles. The lowest BCUT2D eigenvalue weighted by Gasteiger charge is -2.25. The van der Waals surface area contributed by atoms with Gasteiger partial charge in [-0.25, -0.2) is 4.79 Å². The summed E-state index contributed by atoms with van der Waals surface area (Å²) in [6.07, 6.45) is 5.87. The molecule has 2 heterocycles. The summed E-state index contributed by atoms with van der Waals surface area (Å²) < 4.78 is 5.55. The van der Waals surface area contributed by atoms with Crippen LogP contribution in [0.2, 0.25) is 0 Å². The molecular formula is C16H20N2O2. The Hall–Kier alpha value is -1.71. The van der Waals surface area contributed by atoms with Gasteiger partial charge in [-0.2, -0.15) is 0 Å². The predicted molar refractivity (Wildman–Crippen MR) is 77.1 cm³/mol. The molecule has 3 aliphatic rings. The van der Waals surface area contributed by atoms with Crippen LogP contribution in [-0.4, -0.2) is 30.1 Å². The second-order valence-corrected chi connectivity index (χ2v) is 6.09. The number of hydrogen-bond acceptors (Lipinski definition) is 2. The Morgan fingerprint density at radius 3 is 3.05 bits per heavy atom. The van der Waals surface area contributed by atoms with E-state index in [0.29, 0.717) is 6.04 Å². The summed E-state index contributed by atoms with van der Waals surface area (Å²) in [5.74, 6) is 1.68. The quantitative estimate of drug-likeness (QED) is 0.899. The number of anilines is 1. The van der Waals surface area contributed by atoms with E-state index in [-0.39, 0.29) is 6.03 Å². The van der Waals surface area contributed by atoms with Crippen LogP contribution in [0.1, 0.15) is 31.2 Å². The fourth-order valence-corrected chi connectivity index (χ4v) is 3.46. The van der Waals surface area contributed by atoms with Gasteiger partial charge in [-0.15, -0.1) is 0 Å². The topological polar surface area (TPSA) is 41.6 Å². The van der Waals surface area contributed by atoms with Crippen LogP contribution in [0.3, 0.4) is 0 Å². The van der Waals surface area contributed by atoms with Crippen LogP contribution in [0, 0.1) is 5.92 Å². The predicted octanol–water partition coefficient (Wildman–Crippen LogP) is 3.03. The van der Waals surface area contributed by atoms with E-state index in [1.807, 2.05) is 17.0 Å². The summed E-state index contributed by atoms with van der Waals surface area (Å²) >= 11 is 0. The van der Waals surface area contributed by atoms with E-state index in [1.54, 1.807) is 0 Å². The molecule has 1 aromatic rings. The smallest absolute Gasteiger partial charge is 0.322 e. The number of fused-ring (bicyclic) bond motifs is 1. The molecule has 20 heavy (non-hydrogen) atoms. The molecule has 1 saturated heterocycles. The van der Waals surface area contributed by atoms with Gasteiger partial charge in [0.05, 0.1) is 6.61 Å². The van der Waals surface area contributed by atoms with Crippen molar-refractivity contribution in [1.82, 2.24) is 4.90 Å². The molecule has 0 bridgehead atoms. The molecule has 0 aromatic heterocycles. The number of ether oxygens (including phenoxy) is 1. The first-order valence-electron chi connectivity index (χ1n) is 7.64.